The van der Waals surface area contributed by atoms with Gasteiger partial charge in [-0.25, -0.2) is 9.78 Å². The number of methoxy groups -OCH3 is 1. The molecule has 0 saturated carbocycles. The number of imidazole rings is 1. The van der Waals surface area contributed by atoms with Gasteiger partial charge in [-0.3, -0.25) is 9.59 Å². The average molecular weight is 719 g/mol. The van der Waals surface area contributed by atoms with Gasteiger partial charge in [-0.2, -0.15) is 8.42 Å². The maximum Gasteiger partial charge on any atom is 0.333 e. The van der Waals surface area contributed by atoms with Gasteiger partial charge in [0, 0.05) is 42.4 Å². The normalized spacial score (nSPS) is 20.0. The Bertz CT molecular complexity index is 2260. The Balaban J connectivity index is 1.06. The number of nitrogens with zero attached hydrogens (tertiary/aromatic N) is 3. The molecule has 1 fully saturated rings. The number of hydrogen-bond acceptors (Lipinski definition) is 12. The number of ether oxygens (including phenoxy) is 3. The number of pyridine rings is 1. The van der Waals surface area contributed by atoms with E-state index < -0.39 is 53.4 Å². The Morgan fingerprint density at radius 3 is 2.47 bits per heavy atom. The summed E-state index contributed by atoms with van der Waals surface area (Å²) in [4.78, 5) is 44.1. The number of carboxylic acid groups (broad SMARTS) is 1. The minimum Gasteiger partial charge on any atom is -0.497 e. The molecule has 51 heavy (non-hydrogen) atoms. The zero-order valence-corrected chi connectivity index (χ0v) is 27.6. The fraction of sp³-hybridized carbons (Fsp3) is 0.235. The molecule has 5 aromatic rings. The van der Waals surface area contributed by atoms with Crippen LogP contribution in [0.5, 0.6) is 17.2 Å². The number of anilines is 2. The summed E-state index contributed by atoms with van der Waals surface area (Å²) in [6, 6.07) is 15.8. The Kier molecular flexibility index (Phi) is 8.94. The quantitative estimate of drug-likeness (QED) is 0.138. The molecular weight excluding hydrogens is 688 g/mol. The second kappa shape index (κ2) is 13.5. The highest BCUT2D eigenvalue weighted by molar-refractivity contribution is 7.67. The SMILES string of the molecule is COc1ccc2c(O[SH](=O)=O)cc3c(c2c1)CCN3C(=O)c1cn2cc(NC(=O)c3ccc(O[C@@H]4OC(C(=O)O)C[C@H](O)[C@H]4O)cc3)ccc2n1. The first kappa shape index (κ1) is 33.7. The molecule has 3 aromatic carbocycles. The lowest BCUT2D eigenvalue weighted by atomic mass is 10.0. The first-order valence-corrected chi connectivity index (χ1v) is 16.7. The van der Waals surface area contributed by atoms with Crippen molar-refractivity contribution < 1.29 is 56.5 Å². The van der Waals surface area contributed by atoms with Crippen molar-refractivity contribution in [3.63, 3.8) is 0 Å². The van der Waals surface area contributed by atoms with Crippen LogP contribution in [0.2, 0.25) is 0 Å². The molecule has 16 nitrogen and oxygen atoms in total. The first-order valence-electron chi connectivity index (χ1n) is 15.6. The monoisotopic (exact) mass is 718 g/mol. The lowest BCUT2D eigenvalue weighted by Crippen LogP contribution is -2.52. The third kappa shape index (κ3) is 6.62. The van der Waals surface area contributed by atoms with Gasteiger partial charge >= 0.3 is 5.97 Å². The van der Waals surface area contributed by atoms with Crippen molar-refractivity contribution >= 4 is 56.6 Å². The zero-order valence-electron chi connectivity index (χ0n) is 26.7. The van der Waals surface area contributed by atoms with Crippen LogP contribution < -0.4 is 23.9 Å². The number of nitrogens with one attached hydrogen (secondary N) is 1. The number of aliphatic hydroxyl groups excluding tert-OH is 2. The number of rotatable bonds is 9. The number of carbonyl (C=O) groups is 3. The van der Waals surface area contributed by atoms with Crippen LogP contribution in [0.1, 0.15) is 32.8 Å². The maximum absolute atomic E-state index is 13.8. The number of aliphatic hydroxyl groups is 2. The van der Waals surface area contributed by atoms with E-state index in [4.69, 9.17) is 18.4 Å². The molecule has 1 saturated heterocycles. The van der Waals surface area contributed by atoms with Crippen LogP contribution in [-0.4, -0.2) is 89.2 Å². The van der Waals surface area contributed by atoms with Gasteiger partial charge in [-0.1, -0.05) is 0 Å². The van der Waals surface area contributed by atoms with Crippen LogP contribution >= 0.6 is 0 Å². The van der Waals surface area contributed by atoms with Gasteiger partial charge < -0.3 is 48.3 Å². The highest BCUT2D eigenvalue weighted by Gasteiger charge is 2.41. The van der Waals surface area contributed by atoms with Crippen molar-refractivity contribution in [1.82, 2.24) is 9.38 Å². The molecule has 17 heteroatoms. The van der Waals surface area contributed by atoms with E-state index in [2.05, 4.69) is 10.3 Å². The van der Waals surface area contributed by atoms with Crippen molar-refractivity contribution in [2.75, 3.05) is 23.9 Å². The highest BCUT2D eigenvalue weighted by atomic mass is 32.2. The zero-order chi connectivity index (χ0) is 36.0. The van der Waals surface area contributed by atoms with Crippen molar-refractivity contribution in [2.45, 2.75) is 37.4 Å². The summed E-state index contributed by atoms with van der Waals surface area (Å²) in [6.45, 7) is 0.325. The molecule has 4 N–H and O–H groups in total. The third-order valence-electron chi connectivity index (χ3n) is 8.69. The number of carbonyl (C=O) groups excluding carboxylic acids is 2. The van der Waals surface area contributed by atoms with Crippen LogP contribution in [0, 0.1) is 0 Å². The van der Waals surface area contributed by atoms with Gasteiger partial charge in [0.15, 0.2) is 11.9 Å². The fourth-order valence-electron chi connectivity index (χ4n) is 6.18. The van der Waals surface area contributed by atoms with Crippen molar-refractivity contribution in [3.8, 4) is 17.2 Å². The van der Waals surface area contributed by atoms with Crippen molar-refractivity contribution in [2.24, 2.45) is 0 Å². The van der Waals surface area contributed by atoms with Gasteiger partial charge in [-0.15, -0.1) is 0 Å². The van der Waals surface area contributed by atoms with Gasteiger partial charge in [0.2, 0.25) is 6.29 Å². The third-order valence-corrected chi connectivity index (χ3v) is 9.03. The summed E-state index contributed by atoms with van der Waals surface area (Å²) < 4.78 is 45.9. The number of benzene rings is 3. The molecule has 2 aliphatic rings. The molecule has 2 aliphatic heterocycles. The molecule has 0 bridgehead atoms. The summed E-state index contributed by atoms with van der Waals surface area (Å²) in [7, 11) is -1.69. The molecule has 4 atom stereocenters. The first-order chi connectivity index (χ1) is 24.5. The lowest BCUT2D eigenvalue weighted by Gasteiger charge is -2.35. The minimum absolute atomic E-state index is 0.0884. The van der Waals surface area contributed by atoms with E-state index in [-0.39, 0.29) is 29.2 Å². The number of carboxylic acids is 1. The maximum atomic E-state index is 13.8. The Morgan fingerprint density at radius 1 is 0.980 bits per heavy atom. The van der Waals surface area contributed by atoms with Gasteiger partial charge in [0.1, 0.15) is 28.9 Å². The van der Waals surface area contributed by atoms with Gasteiger partial charge in [-0.05, 0) is 72.0 Å². The Hall–Kier alpha value is -5.75. The van der Waals surface area contributed by atoms with Crippen LogP contribution in [0.3, 0.4) is 0 Å². The molecule has 2 amide bonds. The summed E-state index contributed by atoms with van der Waals surface area (Å²) in [5, 5.41) is 33.4. The van der Waals surface area contributed by atoms with Gasteiger partial charge in [0.05, 0.1) is 24.6 Å². The summed E-state index contributed by atoms with van der Waals surface area (Å²) in [5.41, 5.74) is 2.55. The van der Waals surface area contributed by atoms with E-state index in [1.165, 1.54) is 48.5 Å². The summed E-state index contributed by atoms with van der Waals surface area (Å²) >= 11 is 0. The smallest absolute Gasteiger partial charge is 0.333 e. The number of thiol groups is 1. The molecule has 264 valence electrons. The lowest BCUT2D eigenvalue weighted by molar-refractivity contribution is -0.238. The van der Waals surface area contributed by atoms with E-state index in [1.54, 1.807) is 40.9 Å². The average Bonchev–Trinajstić information content (AvgIpc) is 3.74. The summed E-state index contributed by atoms with van der Waals surface area (Å²) in [6.07, 6.45) is -2.26. The molecule has 4 heterocycles. The van der Waals surface area contributed by atoms with Crippen LogP contribution in [0.15, 0.2) is 73.1 Å². The Morgan fingerprint density at radius 2 is 1.75 bits per heavy atom. The van der Waals surface area contributed by atoms with Crippen molar-refractivity contribution in [3.05, 3.63) is 89.9 Å². The number of aliphatic carboxylic acids is 1. The number of hydrogen-bond donors (Lipinski definition) is 5. The van der Waals surface area contributed by atoms with Crippen LogP contribution in [0.25, 0.3) is 16.4 Å². The summed E-state index contributed by atoms with van der Waals surface area (Å²) in [5.74, 6) is -1.35. The number of amides is 2. The Labute approximate surface area is 290 Å². The van der Waals surface area contributed by atoms with Gasteiger partial charge in [0.25, 0.3) is 22.8 Å². The molecule has 0 aliphatic carbocycles. The van der Waals surface area contributed by atoms with E-state index >= 15 is 0 Å². The minimum atomic E-state index is -3.21. The van der Waals surface area contributed by atoms with E-state index in [1.807, 2.05) is 0 Å². The standard InChI is InChI=1S/C34H30N4O12S/c1-47-20-7-8-22-23(12-20)21-10-11-38(25(21)13-27(22)50-51(45)46)32(42)24-16-37-15-18(4-9-29(37)36-24)35-31(41)17-2-5-19(6-3-17)48-34-30(40)26(39)14-28(49-34)33(43)44/h2-9,12-13,15-16,26,28,30,34,39-40,51H,10-11,14H2,1H3,(H,35,41)(H,43,44)/t26-,28?,30+,34+/m0/s1. The predicted molar refractivity (Wildman–Crippen MR) is 180 cm³/mol. The van der Waals surface area contributed by atoms with E-state index in [9.17, 15) is 38.1 Å². The fourth-order valence-corrected chi connectivity index (χ4v) is 6.49. The molecule has 0 spiro atoms. The second-order valence-electron chi connectivity index (χ2n) is 11.8. The molecule has 2 aromatic heterocycles. The number of fused-ring (bicyclic) bond motifs is 4. The molecule has 0 radical (unpaired) electrons. The van der Waals surface area contributed by atoms with E-state index in [0.717, 1.165) is 5.56 Å². The van der Waals surface area contributed by atoms with E-state index in [0.29, 0.717) is 46.5 Å². The highest BCUT2D eigenvalue weighted by Crippen LogP contribution is 2.42. The molecule has 7 rings (SSSR count). The molecular formula is C34H30N4O12S. The van der Waals surface area contributed by atoms with Crippen LogP contribution in [0.4, 0.5) is 11.4 Å². The second-order valence-corrected chi connectivity index (χ2v) is 12.5. The topological polar surface area (TPSA) is 216 Å². The largest absolute Gasteiger partial charge is 0.497 e. The van der Waals surface area contributed by atoms with Crippen LogP contribution in [-0.2, 0) is 26.9 Å². The van der Waals surface area contributed by atoms with Crippen molar-refractivity contribution in [1.29, 1.82) is 0 Å². The number of aromatic nitrogens is 2. The molecule has 1 unspecified atom stereocenters. The predicted octanol–water partition coefficient (Wildman–Crippen LogP) is 2.16.